The number of ketones is 1. The zero-order valence-corrected chi connectivity index (χ0v) is 17.1. The molecule has 1 aliphatic carbocycles. The first-order chi connectivity index (χ1) is 12.6. The number of methoxy groups -OCH3 is 2. The summed E-state index contributed by atoms with van der Waals surface area (Å²) in [5.74, 6) is 2.31. The topological polar surface area (TPSA) is 72.3 Å². The summed E-state index contributed by atoms with van der Waals surface area (Å²) in [6, 6.07) is 3.94. The van der Waals surface area contributed by atoms with E-state index in [4.69, 9.17) is 14.5 Å². The van der Waals surface area contributed by atoms with Crippen molar-refractivity contribution in [1.82, 2.24) is 5.43 Å². The normalized spacial score (nSPS) is 22.1. The Balaban J connectivity index is 1.94. The van der Waals surface area contributed by atoms with Gasteiger partial charge in [-0.1, -0.05) is 13.8 Å². The number of carbonyl (C=O) groups is 1. The number of hydrazone groups is 1. The van der Waals surface area contributed by atoms with Crippen LogP contribution in [0.3, 0.4) is 0 Å². The summed E-state index contributed by atoms with van der Waals surface area (Å²) in [4.78, 5) is 16.9. The first-order valence-electron chi connectivity index (χ1n) is 9.31. The molecule has 1 N–H and O–H groups in total. The Morgan fingerprint density at radius 3 is 2.33 bits per heavy atom. The lowest BCUT2D eigenvalue weighted by Crippen LogP contribution is -2.36. The summed E-state index contributed by atoms with van der Waals surface area (Å²) >= 11 is 0. The second-order valence-corrected chi connectivity index (χ2v) is 8.84. The van der Waals surface area contributed by atoms with Crippen molar-refractivity contribution < 1.29 is 14.3 Å². The fourth-order valence-corrected chi connectivity index (χ4v) is 3.95. The Morgan fingerprint density at radius 1 is 1.04 bits per heavy atom. The average molecular weight is 371 g/mol. The molecule has 0 saturated heterocycles. The molecular formula is C21H29N3O3. The summed E-state index contributed by atoms with van der Waals surface area (Å²) in [6.45, 7) is 8.39. The Kier molecular flexibility index (Phi) is 5.02. The van der Waals surface area contributed by atoms with Crippen LogP contribution in [-0.4, -0.2) is 37.1 Å². The molecule has 0 atom stereocenters. The van der Waals surface area contributed by atoms with E-state index < -0.39 is 0 Å². The molecule has 0 aromatic heterocycles. The minimum atomic E-state index is -0.253. The molecule has 1 aromatic rings. The maximum Gasteiger partial charge on any atom is 0.161 e. The van der Waals surface area contributed by atoms with Gasteiger partial charge >= 0.3 is 0 Å². The molecule has 146 valence electrons. The van der Waals surface area contributed by atoms with Gasteiger partial charge in [-0.05, 0) is 49.8 Å². The molecule has 0 amide bonds. The van der Waals surface area contributed by atoms with E-state index >= 15 is 0 Å². The third-order valence-electron chi connectivity index (χ3n) is 4.98. The van der Waals surface area contributed by atoms with Gasteiger partial charge in [0.05, 0.1) is 19.8 Å². The number of rotatable bonds is 3. The Labute approximate surface area is 161 Å². The third kappa shape index (κ3) is 4.31. The number of benzene rings is 1. The predicted molar refractivity (Wildman–Crippen MR) is 107 cm³/mol. The fraction of sp³-hybridized carbons (Fsp3) is 0.571. The monoisotopic (exact) mass is 371 g/mol. The number of hydrogen-bond acceptors (Lipinski definition) is 6. The van der Waals surface area contributed by atoms with E-state index in [0.717, 1.165) is 29.7 Å². The molecule has 1 heterocycles. The molecule has 2 aliphatic rings. The SMILES string of the molecule is COc1cc2c(cc1OC)C(N/N=C1\CC(=O)CC(C)(C)C1)=NC(C)(C)C2. The molecule has 1 aliphatic heterocycles. The zero-order chi connectivity index (χ0) is 19.8. The van der Waals surface area contributed by atoms with Crippen molar-refractivity contribution in [3.05, 3.63) is 23.3 Å². The first kappa shape index (κ1) is 19.4. The Morgan fingerprint density at radius 2 is 1.70 bits per heavy atom. The van der Waals surface area contributed by atoms with Crippen LogP contribution in [0, 0.1) is 5.41 Å². The van der Waals surface area contributed by atoms with Crippen LogP contribution < -0.4 is 14.9 Å². The van der Waals surface area contributed by atoms with Crippen molar-refractivity contribution in [3.8, 4) is 11.5 Å². The third-order valence-corrected chi connectivity index (χ3v) is 4.98. The second-order valence-electron chi connectivity index (χ2n) is 8.84. The zero-order valence-electron chi connectivity index (χ0n) is 17.1. The molecule has 0 bridgehead atoms. The smallest absolute Gasteiger partial charge is 0.161 e. The lowest BCUT2D eigenvalue weighted by atomic mass is 9.76. The van der Waals surface area contributed by atoms with Gasteiger partial charge in [-0.3, -0.25) is 15.2 Å². The summed E-state index contributed by atoms with van der Waals surface area (Å²) in [6.07, 6.45) is 2.63. The van der Waals surface area contributed by atoms with Crippen molar-refractivity contribution >= 4 is 17.3 Å². The molecule has 1 saturated carbocycles. The van der Waals surface area contributed by atoms with Crippen LogP contribution >= 0.6 is 0 Å². The summed E-state index contributed by atoms with van der Waals surface area (Å²) in [5.41, 5.74) is 5.81. The molecule has 6 heteroatoms. The van der Waals surface area contributed by atoms with E-state index in [1.807, 2.05) is 12.1 Å². The summed E-state index contributed by atoms with van der Waals surface area (Å²) in [7, 11) is 3.26. The standard InChI is InChI=1S/C21H29N3O3/c1-20(2)11-14(8-15(25)12-20)23-24-19-16-9-18(27-6)17(26-5)7-13(16)10-21(3,4)22-19/h7,9H,8,10-12H2,1-6H3,(H,22,24)/b23-14+. The van der Waals surface area contributed by atoms with Crippen LogP contribution in [0.1, 0.15) is 58.1 Å². The molecule has 6 nitrogen and oxygen atoms in total. The van der Waals surface area contributed by atoms with Gasteiger partial charge in [0.25, 0.3) is 0 Å². The Hall–Kier alpha value is -2.37. The van der Waals surface area contributed by atoms with E-state index in [1.165, 1.54) is 0 Å². The Bertz CT molecular complexity index is 822. The van der Waals surface area contributed by atoms with Gasteiger partial charge in [0, 0.05) is 24.1 Å². The van der Waals surface area contributed by atoms with Gasteiger partial charge in [-0.15, -0.1) is 0 Å². The van der Waals surface area contributed by atoms with Crippen LogP contribution in [0.4, 0.5) is 0 Å². The molecule has 27 heavy (non-hydrogen) atoms. The number of Topliss-reactive ketones (excluding diaryl/α,β-unsaturated/α-hetero) is 1. The number of carbonyl (C=O) groups excluding carboxylic acids is 1. The van der Waals surface area contributed by atoms with Gasteiger partial charge in [0.15, 0.2) is 11.5 Å². The molecule has 0 spiro atoms. The van der Waals surface area contributed by atoms with Crippen LogP contribution in [0.5, 0.6) is 11.5 Å². The molecule has 3 rings (SSSR count). The number of nitrogens with one attached hydrogen (secondary N) is 1. The van der Waals surface area contributed by atoms with Gasteiger partial charge < -0.3 is 9.47 Å². The minimum Gasteiger partial charge on any atom is -0.493 e. The summed E-state index contributed by atoms with van der Waals surface area (Å²) < 4.78 is 10.9. The number of ether oxygens (including phenoxy) is 2. The number of aliphatic imine (C=N–C) groups is 1. The van der Waals surface area contributed by atoms with Crippen molar-refractivity contribution in [2.75, 3.05) is 14.2 Å². The second kappa shape index (κ2) is 6.98. The van der Waals surface area contributed by atoms with Crippen LogP contribution in [-0.2, 0) is 11.2 Å². The number of amidine groups is 1. The molecular weight excluding hydrogens is 342 g/mol. The molecule has 1 aromatic carbocycles. The maximum absolute atomic E-state index is 12.0. The number of fused-ring (bicyclic) bond motifs is 1. The van der Waals surface area contributed by atoms with E-state index in [-0.39, 0.29) is 16.7 Å². The lowest BCUT2D eigenvalue weighted by Gasteiger charge is -2.31. The van der Waals surface area contributed by atoms with Crippen molar-refractivity contribution in [1.29, 1.82) is 0 Å². The van der Waals surface area contributed by atoms with Crippen LogP contribution in [0.15, 0.2) is 22.2 Å². The van der Waals surface area contributed by atoms with Crippen molar-refractivity contribution in [2.24, 2.45) is 15.5 Å². The average Bonchev–Trinajstić information content (AvgIpc) is 2.55. The highest BCUT2D eigenvalue weighted by molar-refractivity contribution is 6.06. The highest BCUT2D eigenvalue weighted by atomic mass is 16.5. The molecule has 0 unspecified atom stereocenters. The van der Waals surface area contributed by atoms with E-state index in [9.17, 15) is 4.79 Å². The predicted octanol–water partition coefficient (Wildman–Crippen LogP) is 3.51. The number of nitrogens with zero attached hydrogens (tertiary/aromatic N) is 2. The van der Waals surface area contributed by atoms with E-state index in [2.05, 4.69) is 38.2 Å². The van der Waals surface area contributed by atoms with Gasteiger partial charge in [0.2, 0.25) is 0 Å². The van der Waals surface area contributed by atoms with Crippen molar-refractivity contribution in [3.63, 3.8) is 0 Å². The van der Waals surface area contributed by atoms with Crippen LogP contribution in [0.2, 0.25) is 0 Å². The first-order valence-corrected chi connectivity index (χ1v) is 9.31. The maximum atomic E-state index is 12.0. The lowest BCUT2D eigenvalue weighted by molar-refractivity contribution is -0.120. The quantitative estimate of drug-likeness (QED) is 0.825. The highest BCUT2D eigenvalue weighted by Crippen LogP contribution is 2.36. The summed E-state index contributed by atoms with van der Waals surface area (Å²) in [5, 5.41) is 4.56. The molecule has 1 fully saturated rings. The number of hydrogen-bond donors (Lipinski definition) is 1. The van der Waals surface area contributed by atoms with Gasteiger partial charge in [-0.2, -0.15) is 5.10 Å². The highest BCUT2D eigenvalue weighted by Gasteiger charge is 2.31. The fourth-order valence-electron chi connectivity index (χ4n) is 3.95. The van der Waals surface area contributed by atoms with Crippen LogP contribution in [0.25, 0.3) is 0 Å². The minimum absolute atomic E-state index is 0.0437. The van der Waals surface area contributed by atoms with Gasteiger partial charge in [0.1, 0.15) is 11.6 Å². The van der Waals surface area contributed by atoms with E-state index in [1.54, 1.807) is 14.2 Å². The largest absolute Gasteiger partial charge is 0.493 e. The van der Waals surface area contributed by atoms with Crippen molar-refractivity contribution in [2.45, 2.75) is 58.9 Å². The molecule has 0 radical (unpaired) electrons. The van der Waals surface area contributed by atoms with E-state index in [0.29, 0.717) is 30.2 Å². The van der Waals surface area contributed by atoms with Gasteiger partial charge in [-0.25, -0.2) is 0 Å².